The van der Waals surface area contributed by atoms with Crippen LogP contribution < -0.4 is 5.32 Å². The Balaban J connectivity index is 2.23. The molecule has 1 saturated heterocycles. The Morgan fingerprint density at radius 3 is 2.61 bits per heavy atom. The maximum atomic E-state index is 3.70. The smallest absolute Gasteiger partial charge is 0.0558 e. The number of nitrogens with zero attached hydrogens (tertiary/aromatic N) is 1. The minimum absolute atomic E-state index is 0.142. The van der Waals surface area contributed by atoms with Crippen LogP contribution in [0, 0.1) is 0 Å². The van der Waals surface area contributed by atoms with Crippen LogP contribution in [-0.4, -0.2) is 30.6 Å². The highest BCUT2D eigenvalue weighted by molar-refractivity contribution is 5.25. The SMILES string of the molecule is CCCN1CC(CC)NCC1(C)c1ccccc1. The van der Waals surface area contributed by atoms with Crippen LogP contribution in [0.2, 0.25) is 0 Å². The van der Waals surface area contributed by atoms with Crippen molar-refractivity contribution in [1.29, 1.82) is 0 Å². The van der Waals surface area contributed by atoms with Crippen molar-refractivity contribution in [3.05, 3.63) is 35.9 Å². The van der Waals surface area contributed by atoms with Crippen LogP contribution in [0.1, 0.15) is 39.2 Å². The van der Waals surface area contributed by atoms with Crippen LogP contribution in [0.25, 0.3) is 0 Å². The monoisotopic (exact) mass is 246 g/mol. The highest BCUT2D eigenvalue weighted by atomic mass is 15.3. The molecule has 0 spiro atoms. The molecule has 1 heterocycles. The van der Waals surface area contributed by atoms with Crippen molar-refractivity contribution in [3.8, 4) is 0 Å². The lowest BCUT2D eigenvalue weighted by molar-refractivity contribution is 0.0489. The fourth-order valence-corrected chi connectivity index (χ4v) is 2.95. The molecule has 2 rings (SSSR count). The number of benzene rings is 1. The van der Waals surface area contributed by atoms with E-state index in [1.54, 1.807) is 0 Å². The van der Waals surface area contributed by atoms with Crippen LogP contribution in [0.3, 0.4) is 0 Å². The topological polar surface area (TPSA) is 15.3 Å². The van der Waals surface area contributed by atoms with Gasteiger partial charge in [-0.15, -0.1) is 0 Å². The van der Waals surface area contributed by atoms with Gasteiger partial charge in [-0.05, 0) is 31.9 Å². The van der Waals surface area contributed by atoms with Crippen molar-refractivity contribution >= 4 is 0 Å². The molecule has 1 N–H and O–H groups in total. The predicted molar refractivity (Wildman–Crippen MR) is 77.7 cm³/mol. The third-order valence-corrected chi connectivity index (χ3v) is 4.26. The van der Waals surface area contributed by atoms with Crippen molar-refractivity contribution in [2.24, 2.45) is 0 Å². The first-order valence-electron chi connectivity index (χ1n) is 7.24. The van der Waals surface area contributed by atoms with Gasteiger partial charge >= 0.3 is 0 Å². The van der Waals surface area contributed by atoms with E-state index in [1.807, 2.05) is 0 Å². The maximum absolute atomic E-state index is 3.70. The third kappa shape index (κ3) is 2.60. The molecule has 18 heavy (non-hydrogen) atoms. The molecule has 1 aliphatic heterocycles. The molecule has 2 atom stereocenters. The molecule has 1 aliphatic rings. The summed E-state index contributed by atoms with van der Waals surface area (Å²) in [6, 6.07) is 11.6. The van der Waals surface area contributed by atoms with E-state index in [4.69, 9.17) is 0 Å². The van der Waals surface area contributed by atoms with E-state index >= 15 is 0 Å². The van der Waals surface area contributed by atoms with E-state index in [1.165, 1.54) is 24.9 Å². The molecule has 100 valence electrons. The minimum Gasteiger partial charge on any atom is -0.311 e. The summed E-state index contributed by atoms with van der Waals surface area (Å²) in [5, 5.41) is 3.70. The quantitative estimate of drug-likeness (QED) is 0.878. The average molecular weight is 246 g/mol. The van der Waals surface area contributed by atoms with Crippen molar-refractivity contribution in [2.75, 3.05) is 19.6 Å². The zero-order valence-electron chi connectivity index (χ0n) is 11.9. The summed E-state index contributed by atoms with van der Waals surface area (Å²) in [6.07, 6.45) is 2.43. The zero-order valence-corrected chi connectivity index (χ0v) is 11.9. The van der Waals surface area contributed by atoms with Gasteiger partial charge in [0.25, 0.3) is 0 Å². The van der Waals surface area contributed by atoms with Crippen LogP contribution in [0.4, 0.5) is 0 Å². The summed E-state index contributed by atoms with van der Waals surface area (Å²) in [6.45, 7) is 10.3. The summed E-state index contributed by atoms with van der Waals surface area (Å²) in [5.74, 6) is 0. The average Bonchev–Trinajstić information content (AvgIpc) is 2.42. The molecule has 0 radical (unpaired) electrons. The normalized spacial score (nSPS) is 29.4. The van der Waals surface area contributed by atoms with Crippen LogP contribution >= 0.6 is 0 Å². The second-order valence-corrected chi connectivity index (χ2v) is 5.57. The van der Waals surface area contributed by atoms with Crippen LogP contribution in [-0.2, 0) is 5.54 Å². The molecule has 2 heteroatoms. The largest absolute Gasteiger partial charge is 0.311 e. The van der Waals surface area contributed by atoms with Gasteiger partial charge in [0.05, 0.1) is 5.54 Å². The van der Waals surface area contributed by atoms with Crippen molar-refractivity contribution in [2.45, 2.75) is 45.2 Å². The van der Waals surface area contributed by atoms with Crippen LogP contribution in [0.15, 0.2) is 30.3 Å². The Morgan fingerprint density at radius 2 is 2.00 bits per heavy atom. The molecule has 0 aromatic heterocycles. The highest BCUT2D eigenvalue weighted by Crippen LogP contribution is 2.31. The molecular weight excluding hydrogens is 220 g/mol. The van der Waals surface area contributed by atoms with E-state index in [-0.39, 0.29) is 5.54 Å². The second-order valence-electron chi connectivity index (χ2n) is 5.57. The molecule has 0 saturated carbocycles. The first-order valence-corrected chi connectivity index (χ1v) is 7.24. The number of rotatable bonds is 4. The van der Waals surface area contributed by atoms with E-state index in [0.717, 1.165) is 13.1 Å². The second kappa shape index (κ2) is 5.85. The van der Waals surface area contributed by atoms with E-state index < -0.39 is 0 Å². The maximum Gasteiger partial charge on any atom is 0.0558 e. The molecule has 1 aromatic carbocycles. The van der Waals surface area contributed by atoms with E-state index in [2.05, 4.69) is 61.3 Å². The fourth-order valence-electron chi connectivity index (χ4n) is 2.95. The van der Waals surface area contributed by atoms with E-state index in [9.17, 15) is 0 Å². The number of hydrogen-bond donors (Lipinski definition) is 1. The summed E-state index contributed by atoms with van der Waals surface area (Å²) in [7, 11) is 0. The van der Waals surface area contributed by atoms with Crippen LogP contribution in [0.5, 0.6) is 0 Å². The lowest BCUT2D eigenvalue weighted by Gasteiger charge is -2.48. The standard InChI is InChI=1S/C16H26N2/c1-4-11-18-12-15(5-2)17-13-16(18,3)14-9-7-6-8-10-14/h6-10,15,17H,4-5,11-13H2,1-3H3. The number of nitrogens with one attached hydrogen (secondary N) is 1. The van der Waals surface area contributed by atoms with Gasteiger partial charge in [0.15, 0.2) is 0 Å². The summed E-state index contributed by atoms with van der Waals surface area (Å²) < 4.78 is 0. The molecule has 2 nitrogen and oxygen atoms in total. The number of piperazine rings is 1. The summed E-state index contributed by atoms with van der Waals surface area (Å²) in [5.41, 5.74) is 1.57. The van der Waals surface area contributed by atoms with Gasteiger partial charge in [0.1, 0.15) is 0 Å². The summed E-state index contributed by atoms with van der Waals surface area (Å²) in [4.78, 5) is 2.66. The highest BCUT2D eigenvalue weighted by Gasteiger charge is 2.37. The third-order valence-electron chi connectivity index (χ3n) is 4.26. The van der Waals surface area contributed by atoms with Gasteiger partial charge < -0.3 is 5.32 Å². The van der Waals surface area contributed by atoms with Crippen molar-refractivity contribution in [1.82, 2.24) is 10.2 Å². The molecule has 2 unspecified atom stereocenters. The molecule has 0 amide bonds. The molecule has 1 fully saturated rings. The minimum atomic E-state index is 0.142. The zero-order chi connectivity index (χ0) is 13.0. The Bertz CT molecular complexity index is 363. The molecule has 0 bridgehead atoms. The lowest BCUT2D eigenvalue weighted by atomic mass is 9.86. The van der Waals surface area contributed by atoms with Gasteiger partial charge in [-0.2, -0.15) is 0 Å². The first kappa shape index (κ1) is 13.6. The lowest BCUT2D eigenvalue weighted by Crippen LogP contribution is -2.61. The Hall–Kier alpha value is -0.860. The van der Waals surface area contributed by atoms with Gasteiger partial charge in [0, 0.05) is 19.1 Å². The Labute approximate surface area is 111 Å². The van der Waals surface area contributed by atoms with Gasteiger partial charge in [-0.25, -0.2) is 0 Å². The number of hydrogen-bond acceptors (Lipinski definition) is 2. The van der Waals surface area contributed by atoms with Gasteiger partial charge in [0.2, 0.25) is 0 Å². The van der Waals surface area contributed by atoms with Crippen molar-refractivity contribution < 1.29 is 0 Å². The molecular formula is C16H26N2. The van der Waals surface area contributed by atoms with Gasteiger partial charge in [-0.3, -0.25) is 4.90 Å². The summed E-state index contributed by atoms with van der Waals surface area (Å²) >= 11 is 0. The first-order chi connectivity index (χ1) is 8.70. The Kier molecular flexibility index (Phi) is 4.41. The van der Waals surface area contributed by atoms with Crippen molar-refractivity contribution in [3.63, 3.8) is 0 Å². The molecule has 0 aliphatic carbocycles. The molecule has 1 aromatic rings. The van der Waals surface area contributed by atoms with Gasteiger partial charge in [-0.1, -0.05) is 44.2 Å². The van der Waals surface area contributed by atoms with E-state index in [0.29, 0.717) is 6.04 Å². The Morgan fingerprint density at radius 1 is 1.28 bits per heavy atom. The fraction of sp³-hybridized carbons (Fsp3) is 0.625. The predicted octanol–water partition coefficient (Wildman–Crippen LogP) is 3.00.